The van der Waals surface area contributed by atoms with E-state index in [-0.39, 0.29) is 30.0 Å². The molecule has 0 amide bonds. The van der Waals surface area contributed by atoms with Gasteiger partial charge in [0.05, 0.1) is 6.54 Å². The highest BCUT2D eigenvalue weighted by Crippen LogP contribution is 2.10. The molecule has 19 heavy (non-hydrogen) atoms. The van der Waals surface area contributed by atoms with Crippen molar-refractivity contribution in [3.8, 4) is 0 Å². The summed E-state index contributed by atoms with van der Waals surface area (Å²) in [4.78, 5) is 35.9. The number of carbonyl (C=O) groups is 3. The van der Waals surface area contributed by atoms with Crippen molar-refractivity contribution < 1.29 is 14.4 Å². The average molecular weight is 260 g/mol. The van der Waals surface area contributed by atoms with Crippen molar-refractivity contribution in [2.75, 3.05) is 19.6 Å². The highest BCUT2D eigenvalue weighted by molar-refractivity contribution is 6.04. The van der Waals surface area contributed by atoms with Gasteiger partial charge in [-0.3, -0.25) is 14.4 Å². The van der Waals surface area contributed by atoms with Crippen LogP contribution < -0.4 is 5.32 Å². The summed E-state index contributed by atoms with van der Waals surface area (Å²) in [7, 11) is 0. The van der Waals surface area contributed by atoms with Gasteiger partial charge in [0.1, 0.15) is 6.29 Å². The molecule has 0 spiro atoms. The number of hydrogen-bond acceptors (Lipinski definition) is 5. The maximum absolute atomic E-state index is 11.9. The summed E-state index contributed by atoms with van der Waals surface area (Å²) in [6, 6.07) is 4.29. The van der Waals surface area contributed by atoms with Crippen LogP contribution in [0.5, 0.6) is 0 Å². The van der Waals surface area contributed by atoms with Gasteiger partial charge in [-0.1, -0.05) is 17.2 Å². The molecule has 1 N–H and O–H groups in total. The van der Waals surface area contributed by atoms with Gasteiger partial charge in [-0.25, -0.2) is 0 Å². The minimum atomic E-state index is -0.299. The van der Waals surface area contributed by atoms with Crippen LogP contribution in [0.25, 0.3) is 10.4 Å². The number of benzene rings is 1. The van der Waals surface area contributed by atoms with Gasteiger partial charge in [-0.2, -0.15) is 0 Å². The van der Waals surface area contributed by atoms with E-state index in [0.717, 1.165) is 0 Å². The summed E-state index contributed by atoms with van der Waals surface area (Å²) in [6.45, 7) is 0.600. The van der Waals surface area contributed by atoms with Crippen molar-refractivity contribution in [2.24, 2.45) is 5.11 Å². The molecule has 7 heteroatoms. The Morgan fingerprint density at radius 2 is 2.16 bits per heavy atom. The average Bonchev–Trinajstić information content (AvgIpc) is 2.46. The molecule has 1 aromatic rings. The molecular weight excluding hydrogens is 248 g/mol. The lowest BCUT2D eigenvalue weighted by Gasteiger charge is -2.05. The number of ketones is 1. The van der Waals surface area contributed by atoms with Crippen molar-refractivity contribution in [2.45, 2.75) is 0 Å². The number of azide groups is 1. The van der Waals surface area contributed by atoms with Crippen LogP contribution in [0, 0.1) is 0 Å². The van der Waals surface area contributed by atoms with E-state index in [4.69, 9.17) is 5.53 Å². The van der Waals surface area contributed by atoms with Crippen molar-refractivity contribution in [3.63, 3.8) is 0 Å². The van der Waals surface area contributed by atoms with Crippen LogP contribution in [0.1, 0.15) is 31.1 Å². The maximum atomic E-state index is 11.9. The first-order chi connectivity index (χ1) is 9.22. The minimum Gasteiger partial charge on any atom is -0.310 e. The van der Waals surface area contributed by atoms with E-state index in [1.165, 1.54) is 18.2 Å². The van der Waals surface area contributed by atoms with Crippen molar-refractivity contribution in [3.05, 3.63) is 45.3 Å². The smallest absolute Gasteiger partial charge is 0.177 e. The molecule has 1 aromatic carbocycles. The fourth-order valence-corrected chi connectivity index (χ4v) is 1.46. The number of carbonyl (C=O) groups excluding carboxylic acids is 3. The molecule has 0 aromatic heterocycles. The Labute approximate surface area is 109 Å². The highest BCUT2D eigenvalue weighted by atomic mass is 16.1. The molecule has 0 aliphatic rings. The third-order valence-corrected chi connectivity index (χ3v) is 2.38. The van der Waals surface area contributed by atoms with E-state index in [9.17, 15) is 14.4 Å². The number of Topliss-reactive ketones (excluding diaryl/α,β-unsaturated/α-hetero) is 1. The zero-order valence-corrected chi connectivity index (χ0v) is 10.1. The SMILES string of the molecule is [N-]=[N+]=NCCNCC(=O)c1cc(C=O)ccc1C=O. The summed E-state index contributed by atoms with van der Waals surface area (Å²) in [5.41, 5.74) is 8.85. The zero-order valence-electron chi connectivity index (χ0n) is 10.1. The molecule has 0 radical (unpaired) electrons. The van der Waals surface area contributed by atoms with Crippen LogP contribution in [0.4, 0.5) is 0 Å². The number of hydrogen-bond donors (Lipinski definition) is 1. The molecule has 0 unspecified atom stereocenters. The second-order valence-electron chi connectivity index (χ2n) is 3.64. The summed E-state index contributed by atoms with van der Waals surface area (Å²) in [5.74, 6) is -0.299. The maximum Gasteiger partial charge on any atom is 0.177 e. The van der Waals surface area contributed by atoms with Crippen LogP contribution in [-0.2, 0) is 0 Å². The van der Waals surface area contributed by atoms with E-state index in [1.807, 2.05) is 0 Å². The van der Waals surface area contributed by atoms with Crippen LogP contribution in [0.3, 0.4) is 0 Å². The van der Waals surface area contributed by atoms with Crippen molar-refractivity contribution in [1.29, 1.82) is 0 Å². The van der Waals surface area contributed by atoms with Crippen LogP contribution in [-0.4, -0.2) is 38.0 Å². The Morgan fingerprint density at radius 1 is 1.37 bits per heavy atom. The van der Waals surface area contributed by atoms with Gasteiger partial charge in [-0.15, -0.1) is 0 Å². The minimum absolute atomic E-state index is 0.00407. The normalized spacial score (nSPS) is 9.47. The lowest BCUT2D eigenvalue weighted by molar-refractivity contribution is 0.0985. The number of nitrogens with zero attached hydrogens (tertiary/aromatic N) is 3. The second-order valence-corrected chi connectivity index (χ2v) is 3.64. The van der Waals surface area contributed by atoms with Gasteiger partial charge in [0.2, 0.25) is 0 Å². The lowest BCUT2D eigenvalue weighted by atomic mass is 10.0. The topological polar surface area (TPSA) is 112 Å². The number of nitrogens with one attached hydrogen (secondary N) is 1. The summed E-state index contributed by atoms with van der Waals surface area (Å²) in [6.07, 6.45) is 1.18. The number of rotatable bonds is 8. The fraction of sp³-hybridized carbons (Fsp3) is 0.250. The molecule has 0 bridgehead atoms. The second kappa shape index (κ2) is 7.75. The molecule has 98 valence electrons. The first-order valence-electron chi connectivity index (χ1n) is 5.52. The molecular formula is C12H12N4O3. The molecule has 0 fully saturated rings. The molecule has 0 saturated carbocycles. The molecule has 0 saturated heterocycles. The fourth-order valence-electron chi connectivity index (χ4n) is 1.46. The van der Waals surface area contributed by atoms with Crippen LogP contribution >= 0.6 is 0 Å². The Balaban J connectivity index is 2.71. The van der Waals surface area contributed by atoms with Gasteiger partial charge in [0.15, 0.2) is 12.1 Å². The summed E-state index contributed by atoms with van der Waals surface area (Å²) >= 11 is 0. The van der Waals surface area contributed by atoms with E-state index in [1.54, 1.807) is 0 Å². The van der Waals surface area contributed by atoms with E-state index in [2.05, 4.69) is 15.3 Å². The lowest BCUT2D eigenvalue weighted by Crippen LogP contribution is -2.26. The van der Waals surface area contributed by atoms with E-state index >= 15 is 0 Å². The van der Waals surface area contributed by atoms with Gasteiger partial charge in [-0.05, 0) is 11.6 Å². The van der Waals surface area contributed by atoms with Crippen LogP contribution in [0.15, 0.2) is 23.3 Å². The first kappa shape index (κ1) is 14.6. The Kier molecular flexibility index (Phi) is 5.94. The Morgan fingerprint density at radius 3 is 2.79 bits per heavy atom. The first-order valence-corrected chi connectivity index (χ1v) is 5.52. The van der Waals surface area contributed by atoms with Gasteiger partial charge in [0, 0.05) is 34.7 Å². The van der Waals surface area contributed by atoms with Crippen molar-refractivity contribution >= 4 is 18.4 Å². The summed E-state index contributed by atoms with van der Waals surface area (Å²) < 4.78 is 0. The monoisotopic (exact) mass is 260 g/mol. The van der Waals surface area contributed by atoms with Crippen molar-refractivity contribution in [1.82, 2.24) is 5.32 Å². The van der Waals surface area contributed by atoms with E-state index < -0.39 is 0 Å². The Hall–Kier alpha value is -2.50. The van der Waals surface area contributed by atoms with Gasteiger partial charge in [0.25, 0.3) is 0 Å². The quantitative estimate of drug-likeness (QED) is 0.190. The molecule has 0 aliphatic heterocycles. The molecule has 0 aliphatic carbocycles. The molecule has 0 atom stereocenters. The molecule has 1 rings (SSSR count). The van der Waals surface area contributed by atoms with Gasteiger partial charge >= 0.3 is 0 Å². The third-order valence-electron chi connectivity index (χ3n) is 2.38. The Bertz CT molecular complexity index is 536. The highest BCUT2D eigenvalue weighted by Gasteiger charge is 2.11. The molecule has 7 nitrogen and oxygen atoms in total. The summed E-state index contributed by atoms with van der Waals surface area (Å²) in [5, 5.41) is 6.10. The largest absolute Gasteiger partial charge is 0.310 e. The predicted molar refractivity (Wildman–Crippen MR) is 68.4 cm³/mol. The third kappa shape index (κ3) is 4.34. The van der Waals surface area contributed by atoms with Gasteiger partial charge < -0.3 is 5.32 Å². The standard InChI is InChI=1S/C12H12N4O3/c13-16-15-4-3-14-6-12(19)11-5-9(7-17)1-2-10(11)8-18/h1-2,5,7-8,14H,3-4,6H2. The number of aldehydes is 2. The van der Waals surface area contributed by atoms with Crippen LogP contribution in [0.2, 0.25) is 0 Å². The predicted octanol–water partition coefficient (Wildman–Crippen LogP) is 1.39. The zero-order chi connectivity index (χ0) is 14.1. The van der Waals surface area contributed by atoms with E-state index in [0.29, 0.717) is 24.7 Å². The molecule has 0 heterocycles.